The van der Waals surface area contributed by atoms with Crippen LogP contribution in [0.4, 0.5) is 0 Å². The summed E-state index contributed by atoms with van der Waals surface area (Å²) in [5, 5.41) is 9.57. The van der Waals surface area contributed by atoms with Crippen LogP contribution in [0.25, 0.3) is 0 Å². The van der Waals surface area contributed by atoms with Gasteiger partial charge in [-0.25, -0.2) is 0 Å². The number of thiophene rings is 1. The fourth-order valence-electron chi connectivity index (χ4n) is 3.29. The number of aliphatic carboxylic acids is 1. The maximum absolute atomic E-state index is 11.6. The molecule has 2 heterocycles. The van der Waals surface area contributed by atoms with E-state index in [1.165, 1.54) is 16.0 Å². The lowest BCUT2D eigenvalue weighted by atomic mass is 10.0. The molecule has 3 rings (SSSR count). The Labute approximate surface area is 149 Å². The van der Waals surface area contributed by atoms with E-state index in [4.69, 9.17) is 0 Å². The Morgan fingerprint density at radius 3 is 2.65 bits per heavy atom. The van der Waals surface area contributed by atoms with E-state index in [1.807, 2.05) is 6.07 Å². The van der Waals surface area contributed by atoms with Gasteiger partial charge >= 0.3 is 5.97 Å². The van der Waals surface area contributed by atoms with E-state index in [0.29, 0.717) is 0 Å². The van der Waals surface area contributed by atoms with E-state index in [2.05, 4.69) is 58.1 Å². The average Bonchev–Trinajstić information content (AvgIpc) is 3.18. The second-order valence-electron chi connectivity index (χ2n) is 5.87. The van der Waals surface area contributed by atoms with E-state index in [0.717, 1.165) is 29.6 Å². The zero-order valence-corrected chi connectivity index (χ0v) is 15.4. The van der Waals surface area contributed by atoms with Gasteiger partial charge in [0.25, 0.3) is 0 Å². The first-order valence-electron chi connectivity index (χ1n) is 7.92. The maximum atomic E-state index is 11.6. The molecule has 2 atom stereocenters. The number of benzene rings is 1. The van der Waals surface area contributed by atoms with Crippen molar-refractivity contribution in [1.29, 1.82) is 0 Å². The predicted octanol–water partition coefficient (Wildman–Crippen LogP) is 4.71. The molecule has 3 nitrogen and oxygen atoms in total. The average molecular weight is 394 g/mol. The van der Waals surface area contributed by atoms with E-state index < -0.39 is 12.0 Å². The Balaban J connectivity index is 2.01. The highest BCUT2D eigenvalue weighted by molar-refractivity contribution is 9.11. The first-order valence-corrected chi connectivity index (χ1v) is 9.53. The van der Waals surface area contributed by atoms with Crippen molar-refractivity contribution in [3.8, 4) is 0 Å². The van der Waals surface area contributed by atoms with E-state index in [1.54, 1.807) is 11.3 Å². The third-order valence-electron chi connectivity index (χ3n) is 4.48. The van der Waals surface area contributed by atoms with E-state index in [9.17, 15) is 9.90 Å². The Hall–Kier alpha value is -1.17. The van der Waals surface area contributed by atoms with Crippen LogP contribution in [0, 0.1) is 0 Å². The maximum Gasteiger partial charge on any atom is 0.320 e. The number of rotatable bonds is 5. The number of hydrogen-bond acceptors (Lipinski definition) is 3. The van der Waals surface area contributed by atoms with Crippen LogP contribution in [0.2, 0.25) is 0 Å². The number of carboxylic acids is 1. The molecule has 1 aliphatic rings. The van der Waals surface area contributed by atoms with Crippen LogP contribution in [0.1, 0.15) is 41.8 Å². The molecule has 1 aliphatic heterocycles. The first-order chi connectivity index (χ1) is 11.1. The minimum atomic E-state index is -0.715. The number of hydrogen-bond donors (Lipinski definition) is 1. The summed E-state index contributed by atoms with van der Waals surface area (Å²) in [4.78, 5) is 15.0. The molecule has 0 bridgehead atoms. The van der Waals surface area contributed by atoms with E-state index >= 15 is 0 Å². The molecule has 2 unspecified atom stereocenters. The Kier molecular flexibility index (Phi) is 5.19. The van der Waals surface area contributed by atoms with Crippen molar-refractivity contribution in [2.24, 2.45) is 0 Å². The molecule has 0 amide bonds. The van der Waals surface area contributed by atoms with Gasteiger partial charge < -0.3 is 5.11 Å². The van der Waals surface area contributed by atoms with Crippen molar-refractivity contribution in [1.82, 2.24) is 4.90 Å². The normalized spacial score (nSPS) is 19.8. The molecule has 1 aromatic carbocycles. The topological polar surface area (TPSA) is 40.5 Å². The molecule has 1 N–H and O–H groups in total. The molecular formula is C18H20BrNO2S. The van der Waals surface area contributed by atoms with Crippen LogP contribution in [0.3, 0.4) is 0 Å². The van der Waals surface area contributed by atoms with E-state index in [-0.39, 0.29) is 6.04 Å². The van der Waals surface area contributed by atoms with Gasteiger partial charge in [-0.05, 0) is 58.5 Å². The Bertz CT molecular complexity index is 683. The number of likely N-dealkylation sites (tertiary alicyclic amines) is 1. The lowest BCUT2D eigenvalue weighted by molar-refractivity contribution is -0.142. The minimum Gasteiger partial charge on any atom is -0.480 e. The summed E-state index contributed by atoms with van der Waals surface area (Å²) >= 11 is 5.22. The zero-order valence-electron chi connectivity index (χ0n) is 13.0. The molecular weight excluding hydrogens is 374 g/mol. The molecule has 122 valence electrons. The molecule has 0 saturated carbocycles. The summed E-state index contributed by atoms with van der Waals surface area (Å²) in [7, 11) is 0. The molecule has 1 aromatic heterocycles. The van der Waals surface area contributed by atoms with Crippen LogP contribution in [-0.2, 0) is 11.2 Å². The SMILES string of the molecule is CCc1ccc(C(c2ccc(Br)s2)N2CCCC2C(=O)O)cc1. The highest BCUT2D eigenvalue weighted by Gasteiger charge is 2.37. The van der Waals surface area contributed by atoms with Gasteiger partial charge in [0.15, 0.2) is 0 Å². The molecule has 0 aliphatic carbocycles. The van der Waals surface area contributed by atoms with Crippen molar-refractivity contribution in [3.63, 3.8) is 0 Å². The summed E-state index contributed by atoms with van der Waals surface area (Å²) in [6.07, 6.45) is 2.68. The lowest BCUT2D eigenvalue weighted by Crippen LogP contribution is -2.39. The summed E-state index contributed by atoms with van der Waals surface area (Å²) in [6, 6.07) is 12.4. The van der Waals surface area contributed by atoms with Crippen molar-refractivity contribution < 1.29 is 9.90 Å². The molecule has 2 aromatic rings. The first kappa shape index (κ1) is 16.7. The number of carbonyl (C=O) groups is 1. The van der Waals surface area contributed by atoms with Crippen LogP contribution in [-0.4, -0.2) is 28.6 Å². The quantitative estimate of drug-likeness (QED) is 0.799. The summed E-state index contributed by atoms with van der Waals surface area (Å²) in [5.74, 6) is -0.715. The van der Waals surface area contributed by atoms with Gasteiger partial charge in [0.2, 0.25) is 0 Å². The van der Waals surface area contributed by atoms with Crippen LogP contribution in [0.15, 0.2) is 40.2 Å². The molecule has 1 saturated heterocycles. The van der Waals surface area contributed by atoms with Crippen molar-refractivity contribution >= 4 is 33.2 Å². The fourth-order valence-corrected chi connectivity index (χ4v) is 4.87. The second kappa shape index (κ2) is 7.16. The molecule has 0 radical (unpaired) electrons. The summed E-state index contributed by atoms with van der Waals surface area (Å²) in [5.41, 5.74) is 2.47. The number of aryl methyl sites for hydroxylation is 1. The Morgan fingerprint density at radius 2 is 2.09 bits per heavy atom. The van der Waals surface area contributed by atoms with Gasteiger partial charge in [-0.15, -0.1) is 11.3 Å². The standard InChI is InChI=1S/C18H20BrNO2S/c1-2-12-5-7-13(8-6-12)17(15-9-10-16(19)23-15)20-11-3-4-14(20)18(21)22/h5-10,14,17H,2-4,11H2,1H3,(H,21,22). The molecule has 5 heteroatoms. The van der Waals surface area contributed by atoms with Gasteiger partial charge in [0.1, 0.15) is 6.04 Å². The number of halogens is 1. The van der Waals surface area contributed by atoms with Crippen molar-refractivity contribution in [2.75, 3.05) is 6.54 Å². The fraction of sp³-hybridized carbons (Fsp3) is 0.389. The third kappa shape index (κ3) is 3.52. The molecule has 0 spiro atoms. The molecule has 23 heavy (non-hydrogen) atoms. The van der Waals surface area contributed by atoms with Gasteiger partial charge in [0.05, 0.1) is 9.83 Å². The number of nitrogens with zero attached hydrogens (tertiary/aromatic N) is 1. The van der Waals surface area contributed by atoms with Crippen molar-refractivity contribution in [2.45, 2.75) is 38.3 Å². The third-order valence-corrected chi connectivity index (χ3v) is 6.15. The summed E-state index contributed by atoms with van der Waals surface area (Å²) < 4.78 is 1.08. The van der Waals surface area contributed by atoms with Crippen molar-refractivity contribution in [3.05, 3.63) is 56.2 Å². The van der Waals surface area contributed by atoms with Gasteiger partial charge in [-0.3, -0.25) is 9.69 Å². The number of carboxylic acid groups (broad SMARTS) is 1. The summed E-state index contributed by atoms with van der Waals surface area (Å²) in [6.45, 7) is 2.97. The highest BCUT2D eigenvalue weighted by atomic mass is 79.9. The predicted molar refractivity (Wildman–Crippen MR) is 97.0 cm³/mol. The lowest BCUT2D eigenvalue weighted by Gasteiger charge is -2.31. The highest BCUT2D eigenvalue weighted by Crippen LogP contribution is 2.39. The largest absolute Gasteiger partial charge is 0.480 e. The van der Waals surface area contributed by atoms with Gasteiger partial charge in [0, 0.05) is 11.4 Å². The minimum absolute atomic E-state index is 0.0146. The van der Waals surface area contributed by atoms with Gasteiger partial charge in [-0.1, -0.05) is 31.2 Å². The monoisotopic (exact) mass is 393 g/mol. The second-order valence-corrected chi connectivity index (χ2v) is 8.37. The molecule has 1 fully saturated rings. The zero-order chi connectivity index (χ0) is 16.4. The van der Waals surface area contributed by atoms with Gasteiger partial charge in [-0.2, -0.15) is 0 Å². The smallest absolute Gasteiger partial charge is 0.320 e. The Morgan fingerprint density at radius 1 is 1.35 bits per heavy atom. The van der Waals surface area contributed by atoms with Crippen LogP contribution < -0.4 is 0 Å². The van der Waals surface area contributed by atoms with Crippen LogP contribution in [0.5, 0.6) is 0 Å². The van der Waals surface area contributed by atoms with Crippen LogP contribution >= 0.6 is 27.3 Å².